The molecule has 31 heavy (non-hydrogen) atoms. The lowest BCUT2D eigenvalue weighted by atomic mass is 10.0. The van der Waals surface area contributed by atoms with Gasteiger partial charge in [0.15, 0.2) is 5.78 Å². The van der Waals surface area contributed by atoms with Crippen molar-refractivity contribution in [2.24, 2.45) is 10.2 Å². The molecule has 0 saturated heterocycles. The quantitative estimate of drug-likeness (QED) is 0.232. The lowest BCUT2D eigenvalue weighted by molar-refractivity contribution is -0.137. The third kappa shape index (κ3) is 5.63. The molecule has 0 amide bonds. The third-order valence-corrected chi connectivity index (χ3v) is 4.38. The predicted molar refractivity (Wildman–Crippen MR) is 115 cm³/mol. The van der Waals surface area contributed by atoms with Gasteiger partial charge in [-0.3, -0.25) is 4.79 Å². The van der Waals surface area contributed by atoms with Gasteiger partial charge in [-0.1, -0.05) is 49.0 Å². The molecule has 156 valence electrons. The average molecular weight is 416 g/mol. The lowest BCUT2D eigenvalue weighted by Crippen LogP contribution is -2.04. The summed E-state index contributed by atoms with van der Waals surface area (Å²) >= 11 is 0. The Morgan fingerprint density at radius 3 is 2.32 bits per heavy atom. The van der Waals surface area contributed by atoms with E-state index in [1.54, 1.807) is 42.5 Å². The Bertz CT molecular complexity index is 1120. The van der Waals surface area contributed by atoms with Crippen molar-refractivity contribution in [3.05, 3.63) is 96.1 Å². The Labute approximate surface area is 179 Å². The zero-order valence-electron chi connectivity index (χ0n) is 16.6. The molecular formula is C24H20N2O5. The van der Waals surface area contributed by atoms with E-state index in [0.717, 1.165) is 17.7 Å². The average Bonchev–Trinajstić information content (AvgIpc) is 2.79. The van der Waals surface area contributed by atoms with Crippen LogP contribution in [0.2, 0.25) is 0 Å². The molecule has 0 spiro atoms. The highest BCUT2D eigenvalue weighted by atomic mass is 16.5. The number of phenolic OH excluding ortho intramolecular Hbond substituents is 2. The van der Waals surface area contributed by atoms with Crippen LogP contribution >= 0.6 is 0 Å². The molecule has 0 aliphatic carbocycles. The van der Waals surface area contributed by atoms with E-state index in [1.807, 2.05) is 12.1 Å². The minimum atomic E-state index is -0.468. The van der Waals surface area contributed by atoms with Crippen molar-refractivity contribution >= 4 is 23.1 Å². The number of aromatic hydroxyl groups is 2. The predicted octanol–water partition coefficient (Wildman–Crippen LogP) is 5.02. The number of carbonyl (C=O) groups is 2. The van der Waals surface area contributed by atoms with Crippen molar-refractivity contribution in [1.29, 1.82) is 0 Å². The summed E-state index contributed by atoms with van der Waals surface area (Å²) < 4.78 is 4.94. The van der Waals surface area contributed by atoms with E-state index in [2.05, 4.69) is 16.8 Å². The van der Waals surface area contributed by atoms with E-state index in [9.17, 15) is 19.8 Å². The molecule has 7 heteroatoms. The standard InChI is InChI=1S/C24H20N2O5/c1-2-23(29)31-13-12-16-8-10-18(11-9-16)25-26-20-14-19(21(27)15-22(20)28)24(30)17-6-4-3-5-7-17/h2-11,14-15,27-28H,1,12-13H2/b26-25+. The van der Waals surface area contributed by atoms with Crippen molar-refractivity contribution < 1.29 is 24.5 Å². The van der Waals surface area contributed by atoms with E-state index >= 15 is 0 Å². The first kappa shape index (κ1) is 21.4. The second kappa shape index (κ2) is 9.98. The van der Waals surface area contributed by atoms with Crippen LogP contribution in [0.5, 0.6) is 11.5 Å². The van der Waals surface area contributed by atoms with E-state index in [1.165, 1.54) is 6.07 Å². The molecule has 0 aliphatic rings. The van der Waals surface area contributed by atoms with Crippen LogP contribution in [0.15, 0.2) is 89.6 Å². The van der Waals surface area contributed by atoms with Crippen molar-refractivity contribution in [1.82, 2.24) is 0 Å². The zero-order valence-corrected chi connectivity index (χ0v) is 16.6. The van der Waals surface area contributed by atoms with Gasteiger partial charge in [-0.05, 0) is 23.8 Å². The Morgan fingerprint density at radius 2 is 1.65 bits per heavy atom. The molecule has 0 unspecified atom stereocenters. The Balaban J connectivity index is 1.74. The molecule has 3 aromatic carbocycles. The molecule has 2 N–H and O–H groups in total. The molecule has 0 aromatic heterocycles. The van der Waals surface area contributed by atoms with Crippen LogP contribution in [-0.2, 0) is 16.0 Å². The van der Waals surface area contributed by atoms with Crippen LogP contribution in [0.3, 0.4) is 0 Å². The van der Waals surface area contributed by atoms with Gasteiger partial charge in [0.1, 0.15) is 17.2 Å². The number of hydrogen-bond acceptors (Lipinski definition) is 7. The molecule has 0 saturated carbocycles. The van der Waals surface area contributed by atoms with Crippen LogP contribution in [0, 0.1) is 0 Å². The number of hydrogen-bond donors (Lipinski definition) is 2. The maximum Gasteiger partial charge on any atom is 0.330 e. The number of esters is 1. The number of ketones is 1. The van der Waals surface area contributed by atoms with Gasteiger partial charge >= 0.3 is 5.97 Å². The fourth-order valence-electron chi connectivity index (χ4n) is 2.74. The Kier molecular flexibility index (Phi) is 6.90. The summed E-state index contributed by atoms with van der Waals surface area (Å²) in [6.07, 6.45) is 1.65. The lowest BCUT2D eigenvalue weighted by Gasteiger charge is -2.07. The first-order valence-electron chi connectivity index (χ1n) is 9.43. The summed E-state index contributed by atoms with van der Waals surface area (Å²) in [5.74, 6) is -1.50. The van der Waals surface area contributed by atoms with E-state index in [4.69, 9.17) is 4.74 Å². The minimum Gasteiger partial charge on any atom is -0.507 e. The number of benzene rings is 3. The number of phenols is 2. The van der Waals surface area contributed by atoms with Crippen LogP contribution in [0.4, 0.5) is 11.4 Å². The van der Waals surface area contributed by atoms with Gasteiger partial charge in [0, 0.05) is 24.1 Å². The smallest absolute Gasteiger partial charge is 0.330 e. The highest BCUT2D eigenvalue weighted by Crippen LogP contribution is 2.35. The number of ether oxygens (including phenoxy) is 1. The monoisotopic (exact) mass is 416 g/mol. The van der Waals surface area contributed by atoms with Gasteiger partial charge in [-0.25, -0.2) is 4.79 Å². The van der Waals surface area contributed by atoms with Gasteiger partial charge in [-0.15, -0.1) is 5.11 Å². The molecular weight excluding hydrogens is 396 g/mol. The summed E-state index contributed by atoms with van der Waals surface area (Å²) in [6, 6.07) is 17.9. The van der Waals surface area contributed by atoms with Gasteiger partial charge < -0.3 is 14.9 Å². The van der Waals surface area contributed by atoms with Gasteiger partial charge in [0.25, 0.3) is 0 Å². The highest BCUT2D eigenvalue weighted by molar-refractivity contribution is 6.11. The van der Waals surface area contributed by atoms with E-state index in [-0.39, 0.29) is 29.4 Å². The van der Waals surface area contributed by atoms with Crippen LogP contribution in [-0.4, -0.2) is 28.6 Å². The van der Waals surface area contributed by atoms with E-state index in [0.29, 0.717) is 17.7 Å². The van der Waals surface area contributed by atoms with Gasteiger partial charge in [0.2, 0.25) is 0 Å². The van der Waals surface area contributed by atoms with Crippen molar-refractivity contribution in [2.75, 3.05) is 6.61 Å². The second-order valence-electron chi connectivity index (χ2n) is 6.54. The van der Waals surface area contributed by atoms with E-state index < -0.39 is 11.8 Å². The second-order valence-corrected chi connectivity index (χ2v) is 6.54. The normalized spacial score (nSPS) is 10.7. The molecule has 0 aliphatic heterocycles. The van der Waals surface area contributed by atoms with Crippen LogP contribution < -0.4 is 0 Å². The molecule has 3 aromatic rings. The molecule has 0 radical (unpaired) electrons. The number of rotatable bonds is 8. The fraction of sp³-hybridized carbons (Fsp3) is 0.0833. The van der Waals surface area contributed by atoms with Gasteiger partial charge in [0.05, 0.1) is 17.9 Å². The minimum absolute atomic E-state index is 0.0161. The molecule has 0 bridgehead atoms. The largest absolute Gasteiger partial charge is 0.507 e. The Morgan fingerprint density at radius 1 is 0.935 bits per heavy atom. The molecule has 0 fully saturated rings. The zero-order chi connectivity index (χ0) is 22.2. The topological polar surface area (TPSA) is 109 Å². The molecule has 7 nitrogen and oxygen atoms in total. The molecule has 0 heterocycles. The summed E-state index contributed by atoms with van der Waals surface area (Å²) in [4.78, 5) is 23.7. The maximum absolute atomic E-state index is 12.6. The highest BCUT2D eigenvalue weighted by Gasteiger charge is 2.16. The van der Waals surface area contributed by atoms with Crippen molar-refractivity contribution in [3.63, 3.8) is 0 Å². The summed E-state index contributed by atoms with van der Waals surface area (Å²) in [5.41, 5.74) is 1.94. The molecule has 0 atom stereocenters. The summed E-state index contributed by atoms with van der Waals surface area (Å²) in [6.45, 7) is 3.58. The molecule has 3 rings (SSSR count). The van der Waals surface area contributed by atoms with Gasteiger partial charge in [-0.2, -0.15) is 5.11 Å². The fourth-order valence-corrected chi connectivity index (χ4v) is 2.74. The number of nitrogens with zero attached hydrogens (tertiary/aromatic N) is 2. The van der Waals surface area contributed by atoms with Crippen molar-refractivity contribution in [3.8, 4) is 11.5 Å². The number of azo groups is 1. The summed E-state index contributed by atoms with van der Waals surface area (Å²) in [5, 5.41) is 28.3. The van der Waals surface area contributed by atoms with Crippen molar-refractivity contribution in [2.45, 2.75) is 6.42 Å². The summed E-state index contributed by atoms with van der Waals surface area (Å²) in [7, 11) is 0. The van der Waals surface area contributed by atoms with Crippen LogP contribution in [0.25, 0.3) is 0 Å². The first-order chi connectivity index (χ1) is 15.0. The third-order valence-electron chi connectivity index (χ3n) is 4.38. The first-order valence-corrected chi connectivity index (χ1v) is 9.43. The maximum atomic E-state index is 12.6. The number of carbonyl (C=O) groups excluding carboxylic acids is 2. The van der Waals surface area contributed by atoms with Crippen LogP contribution in [0.1, 0.15) is 21.5 Å². The SMILES string of the molecule is C=CC(=O)OCCc1ccc(/N=N/c2cc(C(=O)c3ccccc3)c(O)cc2O)cc1. The Hall–Kier alpha value is -4.26.